The topological polar surface area (TPSA) is 75.1 Å². The van der Waals surface area contributed by atoms with Gasteiger partial charge in [0.2, 0.25) is 0 Å². The number of carboxylic acids is 1. The zero-order chi connectivity index (χ0) is 14.1. The SMILES string of the molecule is O=C(O)C1CC1Nc1ccc(-c2ccc(Br)cc2)nn1. The van der Waals surface area contributed by atoms with Gasteiger partial charge in [0.25, 0.3) is 0 Å². The molecule has 0 radical (unpaired) electrons. The Balaban J connectivity index is 1.69. The quantitative estimate of drug-likeness (QED) is 0.899. The molecular formula is C14H12BrN3O2. The second-order valence-corrected chi connectivity index (χ2v) is 5.66. The summed E-state index contributed by atoms with van der Waals surface area (Å²) in [7, 11) is 0. The molecule has 2 unspecified atom stereocenters. The highest BCUT2D eigenvalue weighted by molar-refractivity contribution is 9.10. The largest absolute Gasteiger partial charge is 0.481 e. The van der Waals surface area contributed by atoms with Crippen molar-refractivity contribution in [3.8, 4) is 11.3 Å². The summed E-state index contributed by atoms with van der Waals surface area (Å²) in [5, 5.41) is 20.1. The number of aliphatic carboxylic acids is 1. The van der Waals surface area contributed by atoms with E-state index in [0.29, 0.717) is 12.2 Å². The van der Waals surface area contributed by atoms with Crippen molar-refractivity contribution in [2.45, 2.75) is 12.5 Å². The van der Waals surface area contributed by atoms with Crippen molar-refractivity contribution in [3.05, 3.63) is 40.9 Å². The summed E-state index contributed by atoms with van der Waals surface area (Å²) in [5.74, 6) is -0.454. The van der Waals surface area contributed by atoms with Gasteiger partial charge in [0.15, 0.2) is 0 Å². The van der Waals surface area contributed by atoms with Crippen LogP contribution in [0.5, 0.6) is 0 Å². The third-order valence-electron chi connectivity index (χ3n) is 3.25. The van der Waals surface area contributed by atoms with Gasteiger partial charge in [-0.2, -0.15) is 0 Å². The van der Waals surface area contributed by atoms with Crippen molar-refractivity contribution in [2.24, 2.45) is 5.92 Å². The minimum Gasteiger partial charge on any atom is -0.481 e. The molecule has 0 saturated heterocycles. The molecule has 0 aliphatic heterocycles. The first-order valence-corrected chi connectivity index (χ1v) is 7.02. The molecule has 20 heavy (non-hydrogen) atoms. The lowest BCUT2D eigenvalue weighted by Gasteiger charge is -2.04. The average molecular weight is 334 g/mol. The van der Waals surface area contributed by atoms with Gasteiger partial charge >= 0.3 is 5.97 Å². The monoisotopic (exact) mass is 333 g/mol. The Labute approximate surface area is 124 Å². The van der Waals surface area contributed by atoms with Gasteiger partial charge in [0.05, 0.1) is 11.6 Å². The van der Waals surface area contributed by atoms with E-state index < -0.39 is 5.97 Å². The number of anilines is 1. The number of aromatic nitrogens is 2. The molecule has 1 aliphatic carbocycles. The highest BCUT2D eigenvalue weighted by Crippen LogP contribution is 2.33. The number of rotatable bonds is 4. The summed E-state index contributed by atoms with van der Waals surface area (Å²) in [6.45, 7) is 0. The first-order chi connectivity index (χ1) is 9.63. The first-order valence-electron chi connectivity index (χ1n) is 6.22. The van der Waals surface area contributed by atoms with E-state index in [2.05, 4.69) is 31.4 Å². The van der Waals surface area contributed by atoms with Crippen LogP contribution >= 0.6 is 15.9 Å². The normalized spacial score (nSPS) is 20.4. The van der Waals surface area contributed by atoms with Crippen molar-refractivity contribution < 1.29 is 9.90 Å². The fraction of sp³-hybridized carbons (Fsp3) is 0.214. The van der Waals surface area contributed by atoms with Crippen molar-refractivity contribution in [1.29, 1.82) is 0 Å². The molecule has 102 valence electrons. The van der Waals surface area contributed by atoms with Gasteiger partial charge in [0.1, 0.15) is 5.82 Å². The Bertz CT molecular complexity index is 628. The number of benzene rings is 1. The lowest BCUT2D eigenvalue weighted by Crippen LogP contribution is -2.11. The predicted octanol–water partition coefficient (Wildman–Crippen LogP) is 2.79. The number of carboxylic acid groups (broad SMARTS) is 1. The second-order valence-electron chi connectivity index (χ2n) is 4.74. The van der Waals surface area contributed by atoms with Crippen LogP contribution in [-0.2, 0) is 4.79 Å². The average Bonchev–Trinajstić information content (AvgIpc) is 3.20. The van der Waals surface area contributed by atoms with Gasteiger partial charge in [-0.3, -0.25) is 4.79 Å². The number of nitrogens with one attached hydrogen (secondary N) is 1. The molecule has 6 heteroatoms. The van der Waals surface area contributed by atoms with E-state index in [1.807, 2.05) is 36.4 Å². The highest BCUT2D eigenvalue weighted by Gasteiger charge is 2.43. The van der Waals surface area contributed by atoms with Crippen molar-refractivity contribution >= 4 is 27.7 Å². The molecule has 2 aromatic rings. The van der Waals surface area contributed by atoms with Crippen LogP contribution < -0.4 is 5.32 Å². The van der Waals surface area contributed by atoms with Gasteiger partial charge in [-0.1, -0.05) is 28.1 Å². The second kappa shape index (κ2) is 5.20. The minimum atomic E-state index is -0.762. The standard InChI is InChI=1S/C14H12BrN3O2/c15-9-3-1-8(2-4-9)11-5-6-13(18-17-11)16-12-7-10(12)14(19)20/h1-6,10,12H,7H2,(H,16,18)(H,19,20). The van der Waals surface area contributed by atoms with E-state index in [1.165, 1.54) is 0 Å². The molecule has 1 fully saturated rings. The predicted molar refractivity (Wildman–Crippen MR) is 78.3 cm³/mol. The van der Waals surface area contributed by atoms with Gasteiger partial charge in [-0.05, 0) is 30.7 Å². The molecule has 1 aliphatic rings. The Morgan fingerprint density at radius 3 is 2.50 bits per heavy atom. The lowest BCUT2D eigenvalue weighted by atomic mass is 10.1. The number of nitrogens with zero attached hydrogens (tertiary/aromatic N) is 2. The van der Waals surface area contributed by atoms with Crippen molar-refractivity contribution in [2.75, 3.05) is 5.32 Å². The molecule has 2 atom stereocenters. The molecule has 2 N–H and O–H groups in total. The summed E-state index contributed by atoms with van der Waals surface area (Å²) in [4.78, 5) is 10.7. The molecule has 3 rings (SSSR count). The molecule has 1 aromatic heterocycles. The van der Waals surface area contributed by atoms with E-state index in [1.54, 1.807) is 0 Å². The lowest BCUT2D eigenvalue weighted by molar-refractivity contribution is -0.138. The first kappa shape index (κ1) is 13.1. The van der Waals surface area contributed by atoms with Crippen LogP contribution in [0, 0.1) is 5.92 Å². The third-order valence-corrected chi connectivity index (χ3v) is 3.77. The van der Waals surface area contributed by atoms with E-state index in [0.717, 1.165) is 15.7 Å². The number of carbonyl (C=O) groups is 1. The van der Waals surface area contributed by atoms with E-state index in [4.69, 9.17) is 5.11 Å². The summed E-state index contributed by atoms with van der Waals surface area (Å²) >= 11 is 3.39. The third kappa shape index (κ3) is 2.80. The van der Waals surface area contributed by atoms with Crippen LogP contribution in [0.15, 0.2) is 40.9 Å². The zero-order valence-electron chi connectivity index (χ0n) is 10.5. The number of hydrogen-bond donors (Lipinski definition) is 2. The molecular weight excluding hydrogens is 322 g/mol. The Morgan fingerprint density at radius 1 is 1.20 bits per heavy atom. The Hall–Kier alpha value is -1.95. The van der Waals surface area contributed by atoms with E-state index >= 15 is 0 Å². The van der Waals surface area contributed by atoms with E-state index in [-0.39, 0.29) is 12.0 Å². The highest BCUT2D eigenvalue weighted by atomic mass is 79.9. The summed E-state index contributed by atoms with van der Waals surface area (Å²) in [6.07, 6.45) is 0.644. The van der Waals surface area contributed by atoms with Crippen molar-refractivity contribution in [1.82, 2.24) is 10.2 Å². The smallest absolute Gasteiger partial charge is 0.308 e. The summed E-state index contributed by atoms with van der Waals surface area (Å²) in [5.41, 5.74) is 1.77. The van der Waals surface area contributed by atoms with Crippen LogP contribution in [0.25, 0.3) is 11.3 Å². The van der Waals surface area contributed by atoms with Gasteiger partial charge in [-0.25, -0.2) is 0 Å². The molecule has 0 spiro atoms. The molecule has 1 aromatic carbocycles. The van der Waals surface area contributed by atoms with Gasteiger partial charge in [-0.15, -0.1) is 10.2 Å². The summed E-state index contributed by atoms with van der Waals surface area (Å²) < 4.78 is 1.01. The molecule has 0 bridgehead atoms. The fourth-order valence-corrected chi connectivity index (χ4v) is 2.27. The minimum absolute atomic E-state index is 0.0275. The van der Waals surface area contributed by atoms with Crippen LogP contribution in [0.3, 0.4) is 0 Å². The van der Waals surface area contributed by atoms with Crippen molar-refractivity contribution in [3.63, 3.8) is 0 Å². The van der Waals surface area contributed by atoms with Crippen LogP contribution in [0.4, 0.5) is 5.82 Å². The van der Waals surface area contributed by atoms with Gasteiger partial charge in [0, 0.05) is 16.1 Å². The fourth-order valence-electron chi connectivity index (χ4n) is 2.00. The van der Waals surface area contributed by atoms with Crippen LogP contribution in [0.2, 0.25) is 0 Å². The number of halogens is 1. The molecule has 5 nitrogen and oxygen atoms in total. The van der Waals surface area contributed by atoms with E-state index in [9.17, 15) is 4.79 Å². The summed E-state index contributed by atoms with van der Waals surface area (Å²) in [6, 6.07) is 11.5. The zero-order valence-corrected chi connectivity index (χ0v) is 12.0. The molecule has 0 amide bonds. The maximum absolute atomic E-state index is 10.7. The maximum Gasteiger partial charge on any atom is 0.308 e. The van der Waals surface area contributed by atoms with Crippen LogP contribution in [0.1, 0.15) is 6.42 Å². The Morgan fingerprint density at radius 2 is 1.95 bits per heavy atom. The molecule has 1 heterocycles. The molecule has 1 saturated carbocycles. The maximum atomic E-state index is 10.7. The Kier molecular flexibility index (Phi) is 3.40. The van der Waals surface area contributed by atoms with Crippen LogP contribution in [-0.4, -0.2) is 27.3 Å². The number of hydrogen-bond acceptors (Lipinski definition) is 4. The van der Waals surface area contributed by atoms with Gasteiger partial charge < -0.3 is 10.4 Å².